The second-order valence-corrected chi connectivity index (χ2v) is 3.20. The van der Waals surface area contributed by atoms with Gasteiger partial charge in [-0.1, -0.05) is 19.1 Å². The molecule has 0 nitrogen and oxygen atoms in total. The smallest absolute Gasteiger partial charge is 0.123 e. The van der Waals surface area contributed by atoms with Gasteiger partial charge in [0.05, 0.1) is 6.67 Å². The molecular weight excluding hydrogens is 158 g/mol. The van der Waals surface area contributed by atoms with Crippen LogP contribution in [-0.2, 0) is 5.41 Å². The van der Waals surface area contributed by atoms with Crippen molar-refractivity contribution >= 4 is 0 Å². The van der Waals surface area contributed by atoms with Crippen LogP contribution in [0.3, 0.4) is 0 Å². The minimum atomic E-state index is -0.756. The molecule has 0 amide bonds. The average molecular weight is 169 g/mol. The summed E-state index contributed by atoms with van der Waals surface area (Å²) in [6, 6.07) is 5.74. The minimum Gasteiger partial charge on any atom is -0.250 e. The monoisotopic (exact) mass is 169 g/mol. The zero-order valence-electron chi connectivity index (χ0n) is 6.98. The van der Waals surface area contributed by atoms with Crippen molar-refractivity contribution < 1.29 is 8.78 Å². The summed E-state index contributed by atoms with van der Waals surface area (Å²) in [5.74, 6) is -0.312. The van der Waals surface area contributed by atoms with Crippen molar-refractivity contribution in [2.45, 2.75) is 12.3 Å². The van der Waals surface area contributed by atoms with E-state index in [2.05, 4.69) is 6.92 Å². The standard InChI is InChI=1S/C10H11F2/c1-10(2,7-11)8-3-5-9(12)6-4-8/h3-6H,1,7H2,2H3. The quantitative estimate of drug-likeness (QED) is 0.638. The van der Waals surface area contributed by atoms with Crippen LogP contribution in [0.2, 0.25) is 0 Å². The molecule has 0 spiro atoms. The van der Waals surface area contributed by atoms with Crippen LogP contribution in [-0.4, -0.2) is 6.67 Å². The molecule has 0 bridgehead atoms. The third kappa shape index (κ3) is 1.81. The van der Waals surface area contributed by atoms with E-state index in [1.54, 1.807) is 19.1 Å². The minimum absolute atomic E-state index is 0.312. The van der Waals surface area contributed by atoms with Gasteiger partial charge in [-0.2, -0.15) is 0 Å². The molecule has 65 valence electrons. The molecule has 0 heterocycles. The third-order valence-electron chi connectivity index (χ3n) is 1.84. The molecule has 0 aliphatic carbocycles. The molecule has 0 saturated carbocycles. The van der Waals surface area contributed by atoms with E-state index in [1.165, 1.54) is 12.1 Å². The largest absolute Gasteiger partial charge is 0.250 e. The first kappa shape index (κ1) is 9.17. The molecule has 0 saturated heterocycles. The second kappa shape index (κ2) is 3.21. The topological polar surface area (TPSA) is 0 Å². The maximum atomic E-state index is 12.5. The van der Waals surface area contributed by atoms with Gasteiger partial charge in [-0.15, -0.1) is 0 Å². The first-order valence-electron chi connectivity index (χ1n) is 3.73. The van der Waals surface area contributed by atoms with Gasteiger partial charge < -0.3 is 0 Å². The van der Waals surface area contributed by atoms with Gasteiger partial charge in [0.1, 0.15) is 5.82 Å². The predicted molar refractivity (Wildman–Crippen MR) is 45.1 cm³/mol. The molecular formula is C10H11F2. The van der Waals surface area contributed by atoms with E-state index in [9.17, 15) is 8.78 Å². The molecule has 2 heteroatoms. The van der Waals surface area contributed by atoms with Crippen LogP contribution in [0, 0.1) is 12.7 Å². The Balaban J connectivity index is 2.96. The van der Waals surface area contributed by atoms with Crippen LogP contribution in [0.25, 0.3) is 0 Å². The Morgan fingerprint density at radius 2 is 1.83 bits per heavy atom. The number of benzene rings is 1. The number of halogens is 2. The van der Waals surface area contributed by atoms with E-state index >= 15 is 0 Å². The van der Waals surface area contributed by atoms with Crippen LogP contribution < -0.4 is 0 Å². The van der Waals surface area contributed by atoms with E-state index < -0.39 is 12.1 Å². The van der Waals surface area contributed by atoms with Crippen LogP contribution >= 0.6 is 0 Å². The number of rotatable bonds is 2. The summed E-state index contributed by atoms with van der Waals surface area (Å²) in [6.07, 6.45) is 0. The summed E-state index contributed by atoms with van der Waals surface area (Å²) in [5.41, 5.74) is -0.0420. The summed E-state index contributed by atoms with van der Waals surface area (Å²) in [7, 11) is 0. The third-order valence-corrected chi connectivity index (χ3v) is 1.84. The van der Waals surface area contributed by atoms with E-state index in [0.717, 1.165) is 0 Å². The van der Waals surface area contributed by atoms with Gasteiger partial charge in [0, 0.05) is 5.41 Å². The molecule has 1 rings (SSSR count). The van der Waals surface area contributed by atoms with Gasteiger partial charge in [0.25, 0.3) is 0 Å². The van der Waals surface area contributed by atoms with Crippen molar-refractivity contribution in [2.24, 2.45) is 0 Å². The molecule has 0 aliphatic rings. The lowest BCUT2D eigenvalue weighted by atomic mass is 9.86. The number of alkyl halides is 1. The molecule has 0 aliphatic heterocycles. The molecule has 1 radical (unpaired) electrons. The Morgan fingerprint density at radius 1 is 1.33 bits per heavy atom. The van der Waals surface area contributed by atoms with Gasteiger partial charge in [-0.25, -0.2) is 4.39 Å². The number of hydrogen-bond acceptors (Lipinski definition) is 0. The first-order valence-corrected chi connectivity index (χ1v) is 3.73. The van der Waals surface area contributed by atoms with Gasteiger partial charge in [-0.3, -0.25) is 4.39 Å². The van der Waals surface area contributed by atoms with Crippen LogP contribution in [0.5, 0.6) is 0 Å². The Labute approximate surface area is 71.2 Å². The summed E-state index contributed by atoms with van der Waals surface area (Å²) < 4.78 is 24.9. The normalized spacial score (nSPS) is 11.7. The SMILES string of the molecule is [CH2]C(C)(CF)c1ccc(F)cc1. The Hall–Kier alpha value is -0.920. The molecule has 1 aromatic rings. The Bertz CT molecular complexity index is 249. The van der Waals surface area contributed by atoms with Gasteiger partial charge in [-0.05, 0) is 24.6 Å². The average Bonchev–Trinajstić information content (AvgIpc) is 2.05. The van der Waals surface area contributed by atoms with Gasteiger partial charge >= 0.3 is 0 Å². The maximum Gasteiger partial charge on any atom is 0.123 e. The van der Waals surface area contributed by atoms with E-state index in [-0.39, 0.29) is 5.82 Å². The lowest BCUT2D eigenvalue weighted by Crippen LogP contribution is -2.19. The lowest BCUT2D eigenvalue weighted by molar-refractivity contribution is 0.379. The van der Waals surface area contributed by atoms with Gasteiger partial charge in [0.15, 0.2) is 0 Å². The molecule has 0 fully saturated rings. The zero-order valence-corrected chi connectivity index (χ0v) is 6.98. The molecule has 12 heavy (non-hydrogen) atoms. The van der Waals surface area contributed by atoms with Gasteiger partial charge in [0.2, 0.25) is 0 Å². The fourth-order valence-electron chi connectivity index (χ4n) is 0.929. The van der Waals surface area contributed by atoms with Crippen LogP contribution in [0.1, 0.15) is 12.5 Å². The van der Waals surface area contributed by atoms with E-state index in [0.29, 0.717) is 5.56 Å². The summed E-state index contributed by atoms with van der Waals surface area (Å²) in [6.45, 7) is 4.83. The van der Waals surface area contributed by atoms with Crippen molar-refractivity contribution in [1.29, 1.82) is 0 Å². The first-order chi connectivity index (χ1) is 5.56. The molecule has 1 aromatic carbocycles. The fraction of sp³-hybridized carbons (Fsp3) is 0.300. The second-order valence-electron chi connectivity index (χ2n) is 3.20. The summed E-state index contributed by atoms with van der Waals surface area (Å²) >= 11 is 0. The van der Waals surface area contributed by atoms with Crippen LogP contribution in [0.15, 0.2) is 24.3 Å². The van der Waals surface area contributed by atoms with Crippen molar-refractivity contribution in [2.75, 3.05) is 6.67 Å². The van der Waals surface area contributed by atoms with Crippen molar-refractivity contribution in [1.82, 2.24) is 0 Å². The Morgan fingerprint density at radius 3 is 2.25 bits per heavy atom. The highest BCUT2D eigenvalue weighted by Crippen LogP contribution is 2.22. The van der Waals surface area contributed by atoms with Crippen LogP contribution in [0.4, 0.5) is 8.78 Å². The molecule has 1 atom stereocenters. The van der Waals surface area contributed by atoms with Crippen molar-refractivity contribution in [3.8, 4) is 0 Å². The van der Waals surface area contributed by atoms with Crippen molar-refractivity contribution in [3.63, 3.8) is 0 Å². The Kier molecular flexibility index (Phi) is 2.46. The molecule has 0 N–H and O–H groups in total. The zero-order chi connectivity index (χ0) is 9.19. The summed E-state index contributed by atoms with van der Waals surface area (Å²) in [5, 5.41) is 0. The van der Waals surface area contributed by atoms with E-state index in [4.69, 9.17) is 0 Å². The lowest BCUT2D eigenvalue weighted by Gasteiger charge is -2.20. The van der Waals surface area contributed by atoms with Crippen molar-refractivity contribution in [3.05, 3.63) is 42.6 Å². The predicted octanol–water partition coefficient (Wildman–Crippen LogP) is 2.89. The maximum absolute atomic E-state index is 12.5. The molecule has 1 unspecified atom stereocenters. The highest BCUT2D eigenvalue weighted by Gasteiger charge is 2.19. The van der Waals surface area contributed by atoms with E-state index in [1.807, 2.05) is 0 Å². The highest BCUT2D eigenvalue weighted by atomic mass is 19.1. The number of hydrogen-bond donors (Lipinski definition) is 0. The highest BCUT2D eigenvalue weighted by molar-refractivity contribution is 5.26. The molecule has 0 aromatic heterocycles. The fourth-order valence-corrected chi connectivity index (χ4v) is 0.929. The summed E-state index contributed by atoms with van der Waals surface area (Å²) in [4.78, 5) is 0.